The van der Waals surface area contributed by atoms with Crippen LogP contribution in [0.2, 0.25) is 0 Å². The van der Waals surface area contributed by atoms with Crippen molar-refractivity contribution in [3.8, 4) is 6.07 Å². The highest BCUT2D eigenvalue weighted by Gasteiger charge is 2.31. The van der Waals surface area contributed by atoms with E-state index in [1.807, 2.05) is 11.0 Å². The third kappa shape index (κ3) is 2.79. The quantitative estimate of drug-likeness (QED) is 0.891. The number of hydrogen-bond donors (Lipinski definition) is 1. The molecule has 1 N–H and O–H groups in total. The van der Waals surface area contributed by atoms with Crippen LogP contribution in [0, 0.1) is 11.3 Å². The van der Waals surface area contributed by atoms with Gasteiger partial charge in [-0.1, -0.05) is 0 Å². The van der Waals surface area contributed by atoms with Crippen LogP contribution in [0.15, 0.2) is 12.3 Å². The molecule has 2 heterocycles. The Hall–Kier alpha value is -1.80. The van der Waals surface area contributed by atoms with Gasteiger partial charge in [0, 0.05) is 25.8 Å². The van der Waals surface area contributed by atoms with Gasteiger partial charge in [-0.2, -0.15) is 5.26 Å². The van der Waals surface area contributed by atoms with Gasteiger partial charge in [-0.3, -0.25) is 4.79 Å². The topological polar surface area (TPSA) is 69.3 Å². The highest BCUT2D eigenvalue weighted by Crippen LogP contribution is 2.24. The zero-order valence-corrected chi connectivity index (χ0v) is 11.3. The minimum Gasteiger partial charge on any atom is -0.393 e. The van der Waals surface area contributed by atoms with Crippen LogP contribution in [-0.4, -0.2) is 39.2 Å². The Morgan fingerprint density at radius 2 is 2.42 bits per heavy atom. The molecule has 19 heavy (non-hydrogen) atoms. The number of aryl methyl sites for hydroxylation is 1. The summed E-state index contributed by atoms with van der Waals surface area (Å²) in [7, 11) is 1.77. The minimum atomic E-state index is -0.401. The van der Waals surface area contributed by atoms with Gasteiger partial charge in [0.25, 0.3) is 5.91 Å². The molecule has 2 rings (SSSR count). The Balaban J connectivity index is 2.18. The number of rotatable bonds is 3. The monoisotopic (exact) mass is 261 g/mol. The zero-order chi connectivity index (χ0) is 14.0. The van der Waals surface area contributed by atoms with Crippen LogP contribution in [0.1, 0.15) is 42.2 Å². The van der Waals surface area contributed by atoms with Crippen LogP contribution in [0.3, 0.4) is 0 Å². The number of likely N-dealkylation sites (tertiary alicyclic amines) is 1. The van der Waals surface area contributed by atoms with E-state index < -0.39 is 6.10 Å². The first-order valence-corrected chi connectivity index (χ1v) is 6.58. The highest BCUT2D eigenvalue weighted by molar-refractivity contribution is 5.93. The molecule has 2 unspecified atom stereocenters. The highest BCUT2D eigenvalue weighted by atomic mass is 16.3. The summed E-state index contributed by atoms with van der Waals surface area (Å²) < 4.78 is 1.69. The second-order valence-corrected chi connectivity index (χ2v) is 5.22. The maximum atomic E-state index is 12.5. The molecule has 5 heteroatoms. The zero-order valence-electron chi connectivity index (χ0n) is 11.3. The molecule has 1 saturated heterocycles. The number of aliphatic hydroxyl groups excluding tert-OH is 1. The Morgan fingerprint density at radius 1 is 1.68 bits per heavy atom. The lowest BCUT2D eigenvalue weighted by Gasteiger charge is -2.25. The molecule has 1 aromatic rings. The van der Waals surface area contributed by atoms with Crippen molar-refractivity contribution in [3.05, 3.63) is 23.5 Å². The number of nitrogens with zero attached hydrogens (tertiary/aromatic N) is 3. The fourth-order valence-electron chi connectivity index (χ4n) is 2.73. The van der Waals surface area contributed by atoms with Crippen molar-refractivity contribution in [1.29, 1.82) is 5.26 Å². The van der Waals surface area contributed by atoms with E-state index >= 15 is 0 Å². The third-order valence-corrected chi connectivity index (χ3v) is 3.60. The average molecular weight is 261 g/mol. The third-order valence-electron chi connectivity index (χ3n) is 3.60. The molecule has 0 spiro atoms. The molecule has 5 nitrogen and oxygen atoms in total. The molecular formula is C14H19N3O2. The molecule has 102 valence electrons. The van der Waals surface area contributed by atoms with E-state index in [0.29, 0.717) is 17.7 Å². The van der Waals surface area contributed by atoms with Gasteiger partial charge in [0.2, 0.25) is 0 Å². The summed E-state index contributed by atoms with van der Waals surface area (Å²) in [4.78, 5) is 14.3. The fraction of sp³-hybridized carbons (Fsp3) is 0.571. The lowest BCUT2D eigenvalue weighted by Crippen LogP contribution is -2.38. The number of carbonyl (C=O) groups is 1. The molecule has 1 aromatic heterocycles. The molecular weight excluding hydrogens is 242 g/mol. The Bertz CT molecular complexity index is 513. The standard InChI is InChI=1S/C14H19N3O2/c1-10(18)6-12-4-3-5-17(12)14(19)13-7-11(8-15)9-16(13)2/h7,9-10,12,18H,3-6H2,1-2H3. The summed E-state index contributed by atoms with van der Waals surface area (Å²) in [5, 5.41) is 18.4. The van der Waals surface area contributed by atoms with Crippen molar-refractivity contribution in [1.82, 2.24) is 9.47 Å². The first-order chi connectivity index (χ1) is 9.02. The second kappa shape index (κ2) is 5.45. The number of amides is 1. The van der Waals surface area contributed by atoms with Crippen LogP contribution < -0.4 is 0 Å². The van der Waals surface area contributed by atoms with E-state index in [1.54, 1.807) is 30.8 Å². The van der Waals surface area contributed by atoms with E-state index in [1.165, 1.54) is 0 Å². The number of carbonyl (C=O) groups excluding carboxylic acids is 1. The van der Waals surface area contributed by atoms with Crippen LogP contribution in [-0.2, 0) is 7.05 Å². The molecule has 2 atom stereocenters. The van der Waals surface area contributed by atoms with Crippen LogP contribution in [0.25, 0.3) is 0 Å². The molecule has 1 fully saturated rings. The summed E-state index contributed by atoms with van der Waals surface area (Å²) in [5.41, 5.74) is 1.03. The van der Waals surface area contributed by atoms with Crippen molar-refractivity contribution in [3.63, 3.8) is 0 Å². The summed E-state index contributed by atoms with van der Waals surface area (Å²) in [5.74, 6) is -0.0489. The molecule has 0 bridgehead atoms. The molecule has 0 radical (unpaired) electrons. The second-order valence-electron chi connectivity index (χ2n) is 5.22. The normalized spacial score (nSPS) is 20.3. The van der Waals surface area contributed by atoms with Crippen molar-refractivity contribution >= 4 is 5.91 Å². The van der Waals surface area contributed by atoms with E-state index in [-0.39, 0.29) is 11.9 Å². The van der Waals surface area contributed by atoms with E-state index in [9.17, 15) is 9.90 Å². The predicted molar refractivity (Wildman–Crippen MR) is 70.5 cm³/mol. The van der Waals surface area contributed by atoms with Gasteiger partial charge in [-0.05, 0) is 32.3 Å². The van der Waals surface area contributed by atoms with Crippen molar-refractivity contribution in [2.75, 3.05) is 6.54 Å². The van der Waals surface area contributed by atoms with Gasteiger partial charge in [-0.15, -0.1) is 0 Å². The molecule has 1 aliphatic rings. The largest absolute Gasteiger partial charge is 0.393 e. The lowest BCUT2D eigenvalue weighted by molar-refractivity contribution is 0.0673. The van der Waals surface area contributed by atoms with Gasteiger partial charge in [0.1, 0.15) is 11.8 Å². The van der Waals surface area contributed by atoms with Gasteiger partial charge >= 0.3 is 0 Å². The molecule has 0 saturated carbocycles. The van der Waals surface area contributed by atoms with E-state index in [4.69, 9.17) is 5.26 Å². The number of aliphatic hydroxyl groups is 1. The van der Waals surface area contributed by atoms with Crippen LogP contribution in [0.5, 0.6) is 0 Å². The first kappa shape index (κ1) is 13.6. The SMILES string of the molecule is CC(O)CC1CCCN1C(=O)c1cc(C#N)cn1C. The van der Waals surface area contributed by atoms with Gasteiger partial charge in [0.15, 0.2) is 0 Å². The average Bonchev–Trinajstić information content (AvgIpc) is 2.94. The van der Waals surface area contributed by atoms with Crippen LogP contribution >= 0.6 is 0 Å². The Kier molecular flexibility index (Phi) is 3.91. The van der Waals surface area contributed by atoms with Crippen LogP contribution in [0.4, 0.5) is 0 Å². The van der Waals surface area contributed by atoms with E-state index in [0.717, 1.165) is 19.4 Å². The molecule has 0 aliphatic carbocycles. The minimum absolute atomic E-state index is 0.0489. The maximum absolute atomic E-state index is 12.5. The van der Waals surface area contributed by atoms with Crippen molar-refractivity contribution in [2.45, 2.75) is 38.3 Å². The first-order valence-electron chi connectivity index (χ1n) is 6.58. The predicted octanol–water partition coefficient (Wildman–Crippen LogP) is 1.27. The van der Waals surface area contributed by atoms with Gasteiger partial charge < -0.3 is 14.6 Å². The summed E-state index contributed by atoms with van der Waals surface area (Å²) >= 11 is 0. The molecule has 0 aromatic carbocycles. The Morgan fingerprint density at radius 3 is 3.00 bits per heavy atom. The Labute approximate surface area is 113 Å². The van der Waals surface area contributed by atoms with Gasteiger partial charge in [-0.25, -0.2) is 0 Å². The smallest absolute Gasteiger partial charge is 0.270 e. The van der Waals surface area contributed by atoms with Gasteiger partial charge in [0.05, 0.1) is 11.7 Å². The van der Waals surface area contributed by atoms with E-state index in [2.05, 4.69) is 0 Å². The fourth-order valence-corrected chi connectivity index (χ4v) is 2.73. The maximum Gasteiger partial charge on any atom is 0.270 e. The number of nitriles is 1. The number of aromatic nitrogens is 1. The van der Waals surface area contributed by atoms with Crippen molar-refractivity contribution in [2.24, 2.45) is 7.05 Å². The number of hydrogen-bond acceptors (Lipinski definition) is 3. The summed E-state index contributed by atoms with van der Waals surface area (Å²) in [6.07, 6.45) is 3.78. The summed E-state index contributed by atoms with van der Waals surface area (Å²) in [6, 6.07) is 3.78. The molecule has 1 amide bonds. The summed E-state index contributed by atoms with van der Waals surface area (Å²) in [6.45, 7) is 2.47. The lowest BCUT2D eigenvalue weighted by atomic mass is 10.1. The van der Waals surface area contributed by atoms with Crippen molar-refractivity contribution < 1.29 is 9.90 Å². The molecule has 1 aliphatic heterocycles.